The number of carbonyl (C=O) groups excluding carboxylic acids is 2. The summed E-state index contributed by atoms with van der Waals surface area (Å²) in [6.45, 7) is 0.571. The second-order valence-corrected chi connectivity index (χ2v) is 7.48. The van der Waals surface area contributed by atoms with Crippen LogP contribution in [0.4, 0.5) is 4.39 Å². The minimum atomic E-state index is -0.472. The largest absolute Gasteiger partial charge is 0.354 e. The standard InChI is InChI=1S/C24H21FN4O2/c25-19-7-4-16(5-8-19)21-13-18(6-9-22(30)28-20-10-11-27-24(20)31)23(29-21)17-3-1-2-15(12-17)14-26/h1-5,7-8,12-13,20,29H,6,9-11H2,(H,27,31)(H,28,30). The van der Waals surface area contributed by atoms with E-state index < -0.39 is 6.04 Å². The van der Waals surface area contributed by atoms with E-state index in [1.54, 1.807) is 24.3 Å². The predicted molar refractivity (Wildman–Crippen MR) is 114 cm³/mol. The van der Waals surface area contributed by atoms with Crippen LogP contribution in [0, 0.1) is 17.1 Å². The summed E-state index contributed by atoms with van der Waals surface area (Å²) < 4.78 is 13.3. The van der Waals surface area contributed by atoms with Crippen LogP contribution in [0.1, 0.15) is 24.0 Å². The lowest BCUT2D eigenvalue weighted by Crippen LogP contribution is -2.40. The number of rotatable bonds is 6. The molecule has 1 aliphatic rings. The van der Waals surface area contributed by atoms with Gasteiger partial charge in [-0.3, -0.25) is 9.59 Å². The molecule has 2 heterocycles. The molecule has 0 radical (unpaired) electrons. The molecule has 3 aromatic rings. The monoisotopic (exact) mass is 416 g/mol. The number of amides is 2. The number of benzene rings is 2. The summed E-state index contributed by atoms with van der Waals surface area (Å²) in [5, 5.41) is 14.7. The zero-order chi connectivity index (χ0) is 21.8. The van der Waals surface area contributed by atoms with Crippen LogP contribution < -0.4 is 10.6 Å². The molecule has 7 heteroatoms. The van der Waals surface area contributed by atoms with E-state index in [1.807, 2.05) is 18.2 Å². The molecule has 1 aromatic heterocycles. The molecule has 2 aromatic carbocycles. The first kappa shape index (κ1) is 20.4. The Hall–Kier alpha value is -3.92. The van der Waals surface area contributed by atoms with Crippen molar-refractivity contribution in [2.24, 2.45) is 0 Å². The summed E-state index contributed by atoms with van der Waals surface area (Å²) in [6, 6.07) is 17.0. The highest BCUT2D eigenvalue weighted by molar-refractivity contribution is 5.89. The highest BCUT2D eigenvalue weighted by atomic mass is 19.1. The lowest BCUT2D eigenvalue weighted by Gasteiger charge is -2.10. The third kappa shape index (κ3) is 4.64. The van der Waals surface area contributed by atoms with Gasteiger partial charge in [-0.25, -0.2) is 4.39 Å². The number of hydrogen-bond donors (Lipinski definition) is 3. The number of aromatic amines is 1. The van der Waals surface area contributed by atoms with Crippen LogP contribution in [0.15, 0.2) is 54.6 Å². The quantitative estimate of drug-likeness (QED) is 0.575. The average Bonchev–Trinajstić information content (AvgIpc) is 3.39. The first-order valence-corrected chi connectivity index (χ1v) is 10.1. The molecule has 1 fully saturated rings. The molecule has 1 unspecified atom stereocenters. The first-order chi connectivity index (χ1) is 15.0. The van der Waals surface area contributed by atoms with Crippen LogP contribution in [-0.4, -0.2) is 29.4 Å². The summed E-state index contributed by atoms with van der Waals surface area (Å²) in [5.74, 6) is -0.656. The van der Waals surface area contributed by atoms with Crippen molar-refractivity contribution < 1.29 is 14.0 Å². The maximum absolute atomic E-state index is 13.3. The second kappa shape index (κ2) is 8.84. The van der Waals surface area contributed by atoms with Crippen molar-refractivity contribution in [3.63, 3.8) is 0 Å². The van der Waals surface area contributed by atoms with Crippen molar-refractivity contribution in [1.82, 2.24) is 15.6 Å². The third-order valence-electron chi connectivity index (χ3n) is 5.34. The maximum atomic E-state index is 13.3. The van der Waals surface area contributed by atoms with Gasteiger partial charge in [0.25, 0.3) is 0 Å². The van der Waals surface area contributed by atoms with Crippen LogP contribution in [0.3, 0.4) is 0 Å². The molecular weight excluding hydrogens is 395 g/mol. The minimum absolute atomic E-state index is 0.150. The Labute approximate surface area is 179 Å². The number of hydrogen-bond acceptors (Lipinski definition) is 3. The Morgan fingerprint density at radius 2 is 1.97 bits per heavy atom. The average molecular weight is 416 g/mol. The lowest BCUT2D eigenvalue weighted by atomic mass is 10.0. The SMILES string of the molecule is N#Cc1cccc(-c2[nH]c(-c3ccc(F)cc3)cc2CCC(=O)NC2CCNC2=O)c1. The number of aromatic nitrogens is 1. The summed E-state index contributed by atoms with van der Waals surface area (Å²) in [6.07, 6.45) is 1.26. The van der Waals surface area contributed by atoms with Crippen molar-refractivity contribution in [3.8, 4) is 28.6 Å². The van der Waals surface area contributed by atoms with E-state index in [2.05, 4.69) is 21.7 Å². The molecule has 0 aliphatic carbocycles. The normalized spacial score (nSPS) is 15.4. The van der Waals surface area contributed by atoms with Gasteiger partial charge in [0.05, 0.1) is 11.6 Å². The molecule has 31 heavy (non-hydrogen) atoms. The predicted octanol–water partition coefficient (Wildman–Crippen LogP) is 3.30. The van der Waals surface area contributed by atoms with Crippen molar-refractivity contribution in [1.29, 1.82) is 5.26 Å². The number of carbonyl (C=O) groups is 2. The number of H-pyrrole nitrogens is 1. The number of nitriles is 1. The Balaban J connectivity index is 1.59. The van der Waals surface area contributed by atoms with Gasteiger partial charge in [-0.2, -0.15) is 5.26 Å². The summed E-state index contributed by atoms with van der Waals surface area (Å²) in [7, 11) is 0. The molecule has 3 N–H and O–H groups in total. The van der Waals surface area contributed by atoms with Gasteiger partial charge in [0, 0.05) is 24.4 Å². The van der Waals surface area contributed by atoms with Crippen molar-refractivity contribution in [2.75, 3.05) is 6.54 Å². The molecule has 1 aliphatic heterocycles. The van der Waals surface area contributed by atoms with E-state index in [1.165, 1.54) is 12.1 Å². The smallest absolute Gasteiger partial charge is 0.242 e. The fraction of sp³-hybridized carbons (Fsp3) is 0.208. The van der Waals surface area contributed by atoms with Crippen molar-refractivity contribution >= 4 is 11.8 Å². The third-order valence-corrected chi connectivity index (χ3v) is 5.34. The fourth-order valence-electron chi connectivity index (χ4n) is 3.73. The van der Waals surface area contributed by atoms with Gasteiger partial charge >= 0.3 is 0 Å². The minimum Gasteiger partial charge on any atom is -0.354 e. The molecule has 2 amide bonds. The molecule has 0 bridgehead atoms. The Bertz CT molecular complexity index is 1160. The van der Waals surface area contributed by atoms with Gasteiger partial charge < -0.3 is 15.6 Å². The van der Waals surface area contributed by atoms with Crippen LogP contribution in [0.5, 0.6) is 0 Å². The van der Waals surface area contributed by atoms with E-state index >= 15 is 0 Å². The molecule has 0 spiro atoms. The second-order valence-electron chi connectivity index (χ2n) is 7.48. The molecular formula is C24H21FN4O2. The zero-order valence-electron chi connectivity index (χ0n) is 16.7. The number of aryl methyl sites for hydroxylation is 1. The Morgan fingerprint density at radius 1 is 1.16 bits per heavy atom. The first-order valence-electron chi connectivity index (χ1n) is 10.1. The van der Waals surface area contributed by atoms with E-state index in [9.17, 15) is 19.2 Å². The number of nitrogens with one attached hydrogen (secondary N) is 3. The maximum Gasteiger partial charge on any atom is 0.242 e. The van der Waals surface area contributed by atoms with Crippen LogP contribution in [-0.2, 0) is 16.0 Å². The van der Waals surface area contributed by atoms with Crippen LogP contribution >= 0.6 is 0 Å². The van der Waals surface area contributed by atoms with Gasteiger partial charge in [0.1, 0.15) is 11.9 Å². The highest BCUT2D eigenvalue weighted by Crippen LogP contribution is 2.30. The van der Waals surface area contributed by atoms with Gasteiger partial charge in [-0.15, -0.1) is 0 Å². The van der Waals surface area contributed by atoms with Gasteiger partial charge in [-0.05, 0) is 72.0 Å². The molecule has 1 atom stereocenters. The zero-order valence-corrected chi connectivity index (χ0v) is 16.7. The van der Waals surface area contributed by atoms with Gasteiger partial charge in [-0.1, -0.05) is 12.1 Å². The Kier molecular flexibility index (Phi) is 5.80. The lowest BCUT2D eigenvalue weighted by molar-refractivity contribution is -0.127. The van der Waals surface area contributed by atoms with E-state index in [4.69, 9.17) is 0 Å². The summed E-state index contributed by atoms with van der Waals surface area (Å²) >= 11 is 0. The van der Waals surface area contributed by atoms with Gasteiger partial charge in [0.15, 0.2) is 0 Å². The van der Waals surface area contributed by atoms with Crippen molar-refractivity contribution in [2.45, 2.75) is 25.3 Å². The van der Waals surface area contributed by atoms with Crippen molar-refractivity contribution in [3.05, 3.63) is 71.5 Å². The van der Waals surface area contributed by atoms with Gasteiger partial charge in [0.2, 0.25) is 11.8 Å². The highest BCUT2D eigenvalue weighted by Gasteiger charge is 2.25. The van der Waals surface area contributed by atoms with E-state index in [0.717, 1.165) is 28.1 Å². The fourth-order valence-corrected chi connectivity index (χ4v) is 3.73. The molecule has 4 rings (SSSR count). The van der Waals surface area contributed by atoms with E-state index in [0.29, 0.717) is 24.9 Å². The molecule has 1 saturated heterocycles. The number of nitrogens with zero attached hydrogens (tertiary/aromatic N) is 1. The molecule has 6 nitrogen and oxygen atoms in total. The molecule has 156 valence electrons. The topological polar surface area (TPSA) is 97.8 Å². The summed E-state index contributed by atoms with van der Waals surface area (Å²) in [4.78, 5) is 27.4. The van der Waals surface area contributed by atoms with Crippen LogP contribution in [0.2, 0.25) is 0 Å². The molecule has 0 saturated carbocycles. The number of halogens is 1. The Morgan fingerprint density at radius 3 is 2.68 bits per heavy atom. The van der Waals surface area contributed by atoms with Crippen LogP contribution in [0.25, 0.3) is 22.5 Å². The van der Waals surface area contributed by atoms with E-state index in [-0.39, 0.29) is 24.1 Å². The summed E-state index contributed by atoms with van der Waals surface area (Å²) in [5.41, 5.74) is 4.69.